The van der Waals surface area contributed by atoms with Crippen molar-refractivity contribution in [1.82, 2.24) is 14.9 Å². The van der Waals surface area contributed by atoms with Gasteiger partial charge in [0.2, 0.25) is 0 Å². The molecule has 25 heavy (non-hydrogen) atoms. The Kier molecular flexibility index (Phi) is 3.20. The van der Waals surface area contributed by atoms with Crippen LogP contribution in [0, 0.1) is 0 Å². The van der Waals surface area contributed by atoms with Crippen LogP contribution in [-0.4, -0.2) is 39.2 Å². The van der Waals surface area contributed by atoms with Gasteiger partial charge in [0.05, 0.1) is 22.7 Å². The van der Waals surface area contributed by atoms with E-state index in [1.54, 1.807) is 0 Å². The highest BCUT2D eigenvalue weighted by Gasteiger charge is 2.21. The average molecular weight is 333 g/mol. The molecule has 1 aliphatic rings. The van der Waals surface area contributed by atoms with Crippen molar-refractivity contribution in [2.24, 2.45) is 0 Å². The maximum absolute atomic E-state index is 12.4. The van der Waals surface area contributed by atoms with E-state index < -0.39 is 0 Å². The fourth-order valence-corrected chi connectivity index (χ4v) is 4.02. The van der Waals surface area contributed by atoms with Gasteiger partial charge in [0.15, 0.2) is 0 Å². The fraction of sp³-hybridized carbons (Fsp3) is 0.250. The van der Waals surface area contributed by atoms with Gasteiger partial charge >= 0.3 is 0 Å². The number of aromatic nitrogens is 2. The second-order valence-corrected chi connectivity index (χ2v) is 6.89. The minimum Gasteiger partial charge on any atom is -0.392 e. The first-order valence-corrected chi connectivity index (χ1v) is 8.65. The number of rotatable bonds is 2. The Balaban J connectivity index is 1.75. The molecule has 1 atom stereocenters. The van der Waals surface area contributed by atoms with Crippen molar-refractivity contribution in [2.75, 3.05) is 13.1 Å². The van der Waals surface area contributed by atoms with Gasteiger partial charge in [-0.05, 0) is 18.1 Å². The van der Waals surface area contributed by atoms with Crippen LogP contribution in [0.3, 0.4) is 0 Å². The number of para-hydroxylation sites is 1. The third-order valence-electron chi connectivity index (χ3n) is 5.24. The molecule has 0 aliphatic carbocycles. The summed E-state index contributed by atoms with van der Waals surface area (Å²) in [5.74, 6) is 0. The number of fused-ring (bicyclic) bond motifs is 5. The number of β-amino-alcohol motifs (C(OH)–C–C–N with tert-alkyl or cyclic N) is 1. The molecule has 5 nitrogen and oxygen atoms in total. The van der Waals surface area contributed by atoms with Crippen LogP contribution in [0.15, 0.2) is 47.3 Å². The third kappa shape index (κ3) is 2.27. The molecule has 0 spiro atoms. The molecule has 2 aromatic heterocycles. The van der Waals surface area contributed by atoms with Crippen molar-refractivity contribution >= 4 is 32.7 Å². The highest BCUT2D eigenvalue weighted by atomic mass is 16.3. The van der Waals surface area contributed by atoms with Gasteiger partial charge in [0.1, 0.15) is 0 Å². The Morgan fingerprint density at radius 2 is 1.72 bits per heavy atom. The zero-order valence-electron chi connectivity index (χ0n) is 13.7. The van der Waals surface area contributed by atoms with Crippen LogP contribution in [0.2, 0.25) is 0 Å². The van der Waals surface area contributed by atoms with Crippen molar-refractivity contribution in [1.29, 1.82) is 0 Å². The molecule has 1 unspecified atom stereocenters. The first-order valence-electron chi connectivity index (χ1n) is 8.65. The molecule has 2 aromatic carbocycles. The number of benzene rings is 2. The first kappa shape index (κ1) is 14.7. The van der Waals surface area contributed by atoms with Crippen LogP contribution in [0.25, 0.3) is 32.7 Å². The summed E-state index contributed by atoms with van der Waals surface area (Å²) in [7, 11) is 0. The second kappa shape index (κ2) is 5.44. The van der Waals surface area contributed by atoms with Crippen molar-refractivity contribution in [2.45, 2.75) is 19.1 Å². The molecule has 5 heteroatoms. The first-order chi connectivity index (χ1) is 12.2. The molecule has 5 rings (SSSR count). The lowest BCUT2D eigenvalue weighted by Crippen LogP contribution is -2.21. The summed E-state index contributed by atoms with van der Waals surface area (Å²) < 4.78 is 0. The lowest BCUT2D eigenvalue weighted by molar-refractivity contribution is 0.175. The smallest absolute Gasteiger partial charge is 0.256 e. The van der Waals surface area contributed by atoms with Crippen LogP contribution in [0.1, 0.15) is 12.0 Å². The summed E-state index contributed by atoms with van der Waals surface area (Å²) in [4.78, 5) is 21.3. The standard InChI is InChI=1S/C20H19N3O2/c24-13-8-9-23(11-13)10-12-4-3-7-16-17(12)21-18-14-5-1-2-6-15(14)20(25)22-19(16)18/h1-7,13,21,24H,8-11H2,(H,22,25). The Hall–Kier alpha value is -2.63. The fourth-order valence-electron chi connectivity index (χ4n) is 4.02. The van der Waals surface area contributed by atoms with Gasteiger partial charge in [0, 0.05) is 35.8 Å². The lowest BCUT2D eigenvalue weighted by Gasteiger charge is -2.15. The van der Waals surface area contributed by atoms with Gasteiger partial charge in [-0.15, -0.1) is 0 Å². The second-order valence-electron chi connectivity index (χ2n) is 6.89. The zero-order chi connectivity index (χ0) is 17.0. The van der Waals surface area contributed by atoms with Crippen LogP contribution in [-0.2, 0) is 6.54 Å². The molecule has 4 aromatic rings. The highest BCUT2D eigenvalue weighted by molar-refractivity contribution is 6.15. The van der Waals surface area contributed by atoms with Crippen molar-refractivity contribution in [3.8, 4) is 0 Å². The number of H-pyrrole nitrogens is 2. The van der Waals surface area contributed by atoms with E-state index in [1.165, 1.54) is 5.56 Å². The van der Waals surface area contributed by atoms with E-state index in [1.807, 2.05) is 36.4 Å². The number of pyridine rings is 1. The van der Waals surface area contributed by atoms with Crippen molar-refractivity contribution in [3.63, 3.8) is 0 Å². The van der Waals surface area contributed by atoms with E-state index in [9.17, 15) is 9.90 Å². The maximum atomic E-state index is 12.4. The van der Waals surface area contributed by atoms with E-state index in [4.69, 9.17) is 0 Å². The molecule has 0 saturated carbocycles. The van der Waals surface area contributed by atoms with E-state index in [2.05, 4.69) is 20.9 Å². The minimum absolute atomic E-state index is 0.0583. The number of hydrogen-bond donors (Lipinski definition) is 3. The summed E-state index contributed by atoms with van der Waals surface area (Å²) in [6.07, 6.45) is 0.614. The van der Waals surface area contributed by atoms with E-state index in [0.717, 1.165) is 53.4 Å². The Morgan fingerprint density at radius 1 is 0.960 bits per heavy atom. The van der Waals surface area contributed by atoms with Gasteiger partial charge in [-0.3, -0.25) is 9.69 Å². The number of aromatic amines is 2. The number of hydrogen-bond acceptors (Lipinski definition) is 3. The predicted octanol–water partition coefficient (Wildman–Crippen LogP) is 2.73. The van der Waals surface area contributed by atoms with E-state index in [0.29, 0.717) is 5.39 Å². The monoisotopic (exact) mass is 333 g/mol. The Bertz CT molecular complexity index is 1160. The molecule has 3 N–H and O–H groups in total. The lowest BCUT2D eigenvalue weighted by atomic mass is 10.1. The molecule has 1 saturated heterocycles. The van der Waals surface area contributed by atoms with Crippen LogP contribution < -0.4 is 5.56 Å². The summed E-state index contributed by atoms with van der Waals surface area (Å²) in [6.45, 7) is 2.43. The predicted molar refractivity (Wildman–Crippen MR) is 99.8 cm³/mol. The number of aliphatic hydroxyl groups is 1. The van der Waals surface area contributed by atoms with Crippen LogP contribution in [0.4, 0.5) is 0 Å². The normalized spacial score (nSPS) is 18.7. The molecule has 3 heterocycles. The van der Waals surface area contributed by atoms with Gasteiger partial charge < -0.3 is 15.1 Å². The molecule has 0 radical (unpaired) electrons. The number of nitrogens with one attached hydrogen (secondary N) is 2. The van der Waals surface area contributed by atoms with Gasteiger partial charge in [-0.1, -0.05) is 36.4 Å². The third-order valence-corrected chi connectivity index (χ3v) is 5.24. The zero-order valence-corrected chi connectivity index (χ0v) is 13.7. The average Bonchev–Trinajstić information content (AvgIpc) is 3.20. The van der Waals surface area contributed by atoms with E-state index in [-0.39, 0.29) is 11.7 Å². The van der Waals surface area contributed by atoms with Crippen LogP contribution >= 0.6 is 0 Å². The largest absolute Gasteiger partial charge is 0.392 e. The maximum Gasteiger partial charge on any atom is 0.256 e. The van der Waals surface area contributed by atoms with Crippen molar-refractivity contribution in [3.05, 3.63) is 58.4 Å². The van der Waals surface area contributed by atoms with Crippen LogP contribution in [0.5, 0.6) is 0 Å². The number of likely N-dealkylation sites (tertiary alicyclic amines) is 1. The Labute approximate surface area is 143 Å². The SMILES string of the molecule is O=c1[nH]c2c3cccc(CN4CCC(O)C4)c3[nH]c2c2ccccc12. The highest BCUT2D eigenvalue weighted by Crippen LogP contribution is 2.30. The molecule has 0 bridgehead atoms. The topological polar surface area (TPSA) is 72.1 Å². The molecule has 1 aliphatic heterocycles. The molecule has 1 fully saturated rings. The molecule has 0 amide bonds. The number of nitrogens with zero attached hydrogens (tertiary/aromatic N) is 1. The quantitative estimate of drug-likeness (QED) is 0.528. The van der Waals surface area contributed by atoms with Gasteiger partial charge in [0.25, 0.3) is 5.56 Å². The summed E-state index contributed by atoms with van der Waals surface area (Å²) in [6, 6.07) is 13.9. The van der Waals surface area contributed by atoms with Gasteiger partial charge in [-0.2, -0.15) is 0 Å². The molecule has 126 valence electrons. The Morgan fingerprint density at radius 3 is 2.52 bits per heavy atom. The molecular formula is C20H19N3O2. The summed E-state index contributed by atoms with van der Waals surface area (Å²) >= 11 is 0. The van der Waals surface area contributed by atoms with Gasteiger partial charge in [-0.25, -0.2) is 0 Å². The summed E-state index contributed by atoms with van der Waals surface area (Å²) in [5.41, 5.74) is 4.02. The van der Waals surface area contributed by atoms with Crippen molar-refractivity contribution < 1.29 is 5.11 Å². The number of aliphatic hydroxyl groups excluding tert-OH is 1. The molecular weight excluding hydrogens is 314 g/mol. The van der Waals surface area contributed by atoms with E-state index >= 15 is 0 Å². The summed E-state index contributed by atoms with van der Waals surface area (Å²) in [5, 5.41) is 12.4. The minimum atomic E-state index is -0.220.